The average molecular weight is 514 g/mol. The standard InChI is InChI=1S/C21H14F3IO4/c22-21(23,24)15-8-9-16(14-7-2-1-6-13(14)15)28-11-4-3-5-12(10-11)29-19-17(18(19)25)20(26)27/h1-10,17-19H,(H,26,27)/t17-,18-,19+/m1/s1. The van der Waals surface area contributed by atoms with Crippen LogP contribution in [0, 0.1) is 5.92 Å². The van der Waals surface area contributed by atoms with Gasteiger partial charge in [-0.1, -0.05) is 52.9 Å². The highest BCUT2D eigenvalue weighted by Gasteiger charge is 2.56. The minimum atomic E-state index is -4.47. The van der Waals surface area contributed by atoms with Crippen LogP contribution in [0.2, 0.25) is 0 Å². The van der Waals surface area contributed by atoms with Gasteiger partial charge in [-0.15, -0.1) is 0 Å². The van der Waals surface area contributed by atoms with Crippen molar-refractivity contribution in [2.75, 3.05) is 0 Å². The fourth-order valence-corrected chi connectivity index (χ4v) is 4.24. The molecule has 1 aliphatic carbocycles. The van der Waals surface area contributed by atoms with Crippen molar-refractivity contribution in [3.63, 3.8) is 0 Å². The lowest BCUT2D eigenvalue weighted by Gasteiger charge is -2.14. The normalized spacial score (nSPS) is 21.0. The number of carbonyl (C=O) groups is 1. The Labute approximate surface area is 177 Å². The van der Waals surface area contributed by atoms with Crippen LogP contribution in [0.1, 0.15) is 5.56 Å². The van der Waals surface area contributed by atoms with Crippen LogP contribution < -0.4 is 9.47 Å². The van der Waals surface area contributed by atoms with Gasteiger partial charge in [-0.25, -0.2) is 0 Å². The first kappa shape index (κ1) is 19.8. The molecule has 0 aliphatic heterocycles. The lowest BCUT2D eigenvalue weighted by Crippen LogP contribution is -2.07. The van der Waals surface area contributed by atoms with E-state index in [4.69, 9.17) is 14.6 Å². The van der Waals surface area contributed by atoms with Gasteiger partial charge in [0.15, 0.2) is 0 Å². The summed E-state index contributed by atoms with van der Waals surface area (Å²) < 4.78 is 51.3. The Kier molecular flexibility index (Phi) is 5.05. The average Bonchev–Trinajstić information content (AvgIpc) is 3.30. The summed E-state index contributed by atoms with van der Waals surface area (Å²) in [5.41, 5.74) is -0.723. The van der Waals surface area contributed by atoms with E-state index in [1.807, 2.05) is 22.6 Å². The van der Waals surface area contributed by atoms with Gasteiger partial charge in [0, 0.05) is 11.5 Å². The minimum absolute atomic E-state index is 0.0555. The zero-order valence-electron chi connectivity index (χ0n) is 14.7. The lowest BCUT2D eigenvalue weighted by molar-refractivity contribution is -0.139. The van der Waals surface area contributed by atoms with Crippen molar-refractivity contribution in [1.29, 1.82) is 0 Å². The van der Waals surface area contributed by atoms with Crippen LogP contribution in [0.4, 0.5) is 13.2 Å². The number of halogens is 4. The van der Waals surface area contributed by atoms with Crippen molar-refractivity contribution in [3.05, 3.63) is 66.2 Å². The number of hydrogen-bond donors (Lipinski definition) is 1. The molecule has 0 radical (unpaired) electrons. The molecule has 1 fully saturated rings. The number of carboxylic acids is 1. The quantitative estimate of drug-likeness (QED) is 0.340. The summed E-state index contributed by atoms with van der Waals surface area (Å²) in [4.78, 5) is 11.1. The van der Waals surface area contributed by atoms with Crippen LogP contribution in [0.5, 0.6) is 17.2 Å². The Balaban J connectivity index is 1.61. The van der Waals surface area contributed by atoms with Crippen molar-refractivity contribution < 1.29 is 32.5 Å². The Morgan fingerprint density at radius 2 is 1.66 bits per heavy atom. The number of rotatable bonds is 5. The van der Waals surface area contributed by atoms with Crippen LogP contribution in [-0.4, -0.2) is 21.1 Å². The van der Waals surface area contributed by atoms with Gasteiger partial charge in [-0.3, -0.25) is 4.79 Å². The first-order chi connectivity index (χ1) is 13.8. The predicted octanol–water partition coefficient (Wildman–Crippen LogP) is 5.92. The number of fused-ring (bicyclic) bond motifs is 1. The van der Waals surface area contributed by atoms with Crippen molar-refractivity contribution in [2.45, 2.75) is 16.2 Å². The highest BCUT2D eigenvalue weighted by atomic mass is 127. The van der Waals surface area contributed by atoms with Gasteiger partial charge in [0.1, 0.15) is 29.3 Å². The van der Waals surface area contributed by atoms with E-state index in [2.05, 4.69) is 0 Å². The molecule has 0 bridgehead atoms. The van der Waals surface area contributed by atoms with Crippen LogP contribution in [0.3, 0.4) is 0 Å². The van der Waals surface area contributed by atoms with Crippen molar-refractivity contribution >= 4 is 39.3 Å². The van der Waals surface area contributed by atoms with Crippen LogP contribution in [0.25, 0.3) is 10.8 Å². The van der Waals surface area contributed by atoms with Crippen LogP contribution in [0.15, 0.2) is 60.7 Å². The third kappa shape index (κ3) is 3.98. The summed E-state index contributed by atoms with van der Waals surface area (Å²) in [6.07, 6.45) is -4.89. The minimum Gasteiger partial charge on any atom is -0.488 e. The van der Waals surface area contributed by atoms with Gasteiger partial charge >= 0.3 is 12.1 Å². The topological polar surface area (TPSA) is 55.8 Å². The molecule has 4 nitrogen and oxygen atoms in total. The van der Waals surface area contributed by atoms with Crippen molar-refractivity contribution in [3.8, 4) is 17.2 Å². The zero-order valence-corrected chi connectivity index (χ0v) is 16.8. The number of benzene rings is 3. The Morgan fingerprint density at radius 1 is 0.966 bits per heavy atom. The van der Waals surface area contributed by atoms with E-state index in [9.17, 15) is 18.0 Å². The molecule has 29 heavy (non-hydrogen) atoms. The molecule has 0 unspecified atom stereocenters. The molecule has 1 aliphatic rings. The maximum atomic E-state index is 13.3. The number of alkyl halides is 4. The fourth-order valence-electron chi connectivity index (χ4n) is 3.17. The molecule has 0 spiro atoms. The fraction of sp³-hybridized carbons (Fsp3) is 0.190. The summed E-state index contributed by atoms with van der Waals surface area (Å²) in [6.45, 7) is 0. The third-order valence-electron chi connectivity index (χ3n) is 4.65. The maximum Gasteiger partial charge on any atom is 0.417 e. The van der Waals surface area contributed by atoms with Gasteiger partial charge < -0.3 is 14.6 Å². The van der Waals surface area contributed by atoms with Crippen LogP contribution >= 0.6 is 22.6 Å². The largest absolute Gasteiger partial charge is 0.488 e. The molecule has 3 aromatic rings. The molecule has 8 heteroatoms. The SMILES string of the molecule is O=C(O)[C@@H]1[C@@H](I)[C@H]1Oc1cccc(Oc2ccc(C(F)(F)F)c3ccccc23)c1. The smallest absolute Gasteiger partial charge is 0.417 e. The highest BCUT2D eigenvalue weighted by molar-refractivity contribution is 14.1. The van der Waals surface area contributed by atoms with E-state index >= 15 is 0 Å². The highest BCUT2D eigenvalue weighted by Crippen LogP contribution is 2.43. The van der Waals surface area contributed by atoms with Gasteiger partial charge in [0.2, 0.25) is 0 Å². The summed E-state index contributed by atoms with van der Waals surface area (Å²) in [5, 5.41) is 9.51. The van der Waals surface area contributed by atoms with E-state index in [1.165, 1.54) is 12.1 Å². The van der Waals surface area contributed by atoms with Gasteiger partial charge in [0.05, 0.1) is 9.49 Å². The van der Waals surface area contributed by atoms with E-state index in [-0.39, 0.29) is 15.1 Å². The van der Waals surface area contributed by atoms with Gasteiger partial charge in [-0.2, -0.15) is 13.2 Å². The number of aliphatic carboxylic acids is 1. The van der Waals surface area contributed by atoms with E-state index in [0.717, 1.165) is 6.07 Å². The Morgan fingerprint density at radius 3 is 2.31 bits per heavy atom. The first-order valence-electron chi connectivity index (χ1n) is 8.66. The Bertz CT molecular complexity index is 1080. The Hall–Kier alpha value is -2.49. The molecule has 4 rings (SSSR count). The summed E-state index contributed by atoms with van der Waals surface area (Å²) in [5.74, 6) is -0.358. The number of hydrogen-bond acceptors (Lipinski definition) is 3. The van der Waals surface area contributed by atoms with Crippen LogP contribution in [-0.2, 0) is 11.0 Å². The molecule has 1 saturated carbocycles. The molecular formula is C21H14F3IO4. The molecule has 3 atom stereocenters. The molecule has 150 valence electrons. The molecule has 0 saturated heterocycles. The summed E-state index contributed by atoms with van der Waals surface area (Å²) in [6, 6.07) is 15.1. The molecule has 1 N–H and O–H groups in total. The number of carboxylic acid groups (broad SMARTS) is 1. The lowest BCUT2D eigenvalue weighted by atomic mass is 10.0. The summed E-state index contributed by atoms with van der Waals surface area (Å²) >= 11 is 2.04. The summed E-state index contributed by atoms with van der Waals surface area (Å²) in [7, 11) is 0. The second-order valence-corrected chi connectivity index (χ2v) is 8.06. The second-order valence-electron chi connectivity index (χ2n) is 6.62. The molecular weight excluding hydrogens is 500 g/mol. The van der Waals surface area contributed by atoms with Crippen molar-refractivity contribution in [1.82, 2.24) is 0 Å². The van der Waals surface area contributed by atoms with E-state index in [0.29, 0.717) is 16.9 Å². The second kappa shape index (κ2) is 7.40. The molecule has 3 aromatic carbocycles. The molecule has 0 amide bonds. The third-order valence-corrected chi connectivity index (χ3v) is 6.13. The van der Waals surface area contributed by atoms with Crippen molar-refractivity contribution in [2.24, 2.45) is 5.92 Å². The van der Waals surface area contributed by atoms with E-state index < -0.39 is 29.7 Å². The first-order valence-corrected chi connectivity index (χ1v) is 9.90. The maximum absolute atomic E-state index is 13.3. The molecule has 0 heterocycles. The zero-order chi connectivity index (χ0) is 20.8. The molecule has 0 aromatic heterocycles. The predicted molar refractivity (Wildman–Crippen MR) is 109 cm³/mol. The van der Waals surface area contributed by atoms with Gasteiger partial charge in [0.25, 0.3) is 0 Å². The van der Waals surface area contributed by atoms with E-state index in [1.54, 1.807) is 42.5 Å². The monoisotopic (exact) mass is 514 g/mol. The van der Waals surface area contributed by atoms with Gasteiger partial charge in [-0.05, 0) is 29.7 Å². The number of ether oxygens (including phenoxy) is 2.